The van der Waals surface area contributed by atoms with Crippen LogP contribution in [0.4, 0.5) is 11.6 Å². The number of nitrogens with zero attached hydrogens (tertiary/aromatic N) is 3. The fourth-order valence-corrected chi connectivity index (χ4v) is 1.49. The van der Waals surface area contributed by atoms with E-state index in [9.17, 15) is 0 Å². The summed E-state index contributed by atoms with van der Waals surface area (Å²) in [5.74, 6) is 1.28. The van der Waals surface area contributed by atoms with Crippen LogP contribution >= 0.6 is 0 Å². The molecule has 0 amide bonds. The maximum atomic E-state index is 5.56. The first kappa shape index (κ1) is 12.3. The molecule has 3 N–H and O–H groups in total. The smallest absolute Gasteiger partial charge is 0.145 e. The minimum absolute atomic E-state index is 0.374. The lowest BCUT2D eigenvalue weighted by Crippen LogP contribution is -2.14. The van der Waals surface area contributed by atoms with E-state index in [0.717, 1.165) is 23.5 Å². The van der Waals surface area contributed by atoms with Crippen LogP contribution in [0.5, 0.6) is 0 Å². The molecule has 0 saturated heterocycles. The number of anilines is 2. The first-order valence-corrected chi connectivity index (χ1v) is 5.99. The quantitative estimate of drug-likeness (QED) is 0.861. The van der Waals surface area contributed by atoms with E-state index < -0.39 is 0 Å². The van der Waals surface area contributed by atoms with Crippen LogP contribution in [0.2, 0.25) is 0 Å². The molecule has 0 spiro atoms. The second kappa shape index (κ2) is 5.44. The average Bonchev–Trinajstić information content (AvgIpc) is 2.40. The van der Waals surface area contributed by atoms with Crippen molar-refractivity contribution in [2.45, 2.75) is 26.3 Å². The first-order valence-electron chi connectivity index (χ1n) is 5.99. The molecule has 1 unspecified atom stereocenters. The highest BCUT2D eigenvalue weighted by atomic mass is 15.0. The van der Waals surface area contributed by atoms with E-state index in [4.69, 9.17) is 5.73 Å². The molecule has 2 heterocycles. The summed E-state index contributed by atoms with van der Waals surface area (Å²) in [5, 5.41) is 3.29. The van der Waals surface area contributed by atoms with E-state index >= 15 is 0 Å². The zero-order valence-electron chi connectivity index (χ0n) is 10.6. The van der Waals surface area contributed by atoms with Gasteiger partial charge in [0.25, 0.3) is 0 Å². The Bertz CT molecular complexity index is 509. The number of nitrogens with one attached hydrogen (secondary N) is 1. The number of hydrogen-bond acceptors (Lipinski definition) is 5. The second-order valence-corrected chi connectivity index (χ2v) is 4.21. The Hall–Kier alpha value is -2.17. The van der Waals surface area contributed by atoms with Crippen molar-refractivity contribution >= 4 is 11.6 Å². The van der Waals surface area contributed by atoms with Gasteiger partial charge in [-0.15, -0.1) is 0 Å². The molecule has 2 aromatic heterocycles. The molecule has 0 radical (unpaired) electrons. The molecule has 18 heavy (non-hydrogen) atoms. The van der Waals surface area contributed by atoms with Crippen molar-refractivity contribution < 1.29 is 0 Å². The molecule has 1 atom stereocenters. The fourth-order valence-electron chi connectivity index (χ4n) is 1.49. The molecule has 5 heteroatoms. The highest BCUT2D eigenvalue weighted by molar-refractivity contribution is 5.60. The van der Waals surface area contributed by atoms with Crippen molar-refractivity contribution in [3.63, 3.8) is 0 Å². The highest BCUT2D eigenvalue weighted by Crippen LogP contribution is 2.17. The van der Waals surface area contributed by atoms with Crippen LogP contribution in [0, 0.1) is 0 Å². The normalized spacial score (nSPS) is 12.1. The number of aromatic nitrogens is 3. The van der Waals surface area contributed by atoms with Crippen molar-refractivity contribution in [3.05, 3.63) is 30.7 Å². The Morgan fingerprint density at radius 3 is 2.78 bits per heavy atom. The van der Waals surface area contributed by atoms with E-state index in [1.165, 1.54) is 0 Å². The molecule has 0 aromatic carbocycles. The Labute approximate surface area is 106 Å². The lowest BCUT2D eigenvalue weighted by atomic mass is 10.2. The summed E-state index contributed by atoms with van der Waals surface area (Å²) in [7, 11) is 0. The molecule has 0 bridgehead atoms. The third-order valence-corrected chi connectivity index (χ3v) is 2.72. The number of pyridine rings is 1. The molecular formula is C13H17N5. The van der Waals surface area contributed by atoms with Gasteiger partial charge in [-0.1, -0.05) is 6.92 Å². The molecule has 94 valence electrons. The van der Waals surface area contributed by atoms with E-state index in [1.54, 1.807) is 24.7 Å². The van der Waals surface area contributed by atoms with E-state index in [1.807, 2.05) is 6.07 Å². The minimum atomic E-state index is 0.374. The largest absolute Gasteiger partial charge is 0.384 e. The van der Waals surface area contributed by atoms with Gasteiger partial charge in [0.2, 0.25) is 0 Å². The summed E-state index contributed by atoms with van der Waals surface area (Å²) in [4.78, 5) is 12.7. The predicted octanol–water partition coefficient (Wildman–Crippen LogP) is 2.33. The van der Waals surface area contributed by atoms with Crippen molar-refractivity contribution in [1.82, 2.24) is 15.0 Å². The highest BCUT2D eigenvalue weighted by Gasteiger charge is 2.04. The van der Waals surface area contributed by atoms with Crippen LogP contribution in [0.25, 0.3) is 11.3 Å². The minimum Gasteiger partial charge on any atom is -0.384 e. The van der Waals surface area contributed by atoms with Gasteiger partial charge >= 0.3 is 0 Å². The van der Waals surface area contributed by atoms with E-state index in [2.05, 4.69) is 34.1 Å². The van der Waals surface area contributed by atoms with Gasteiger partial charge in [-0.05, 0) is 25.5 Å². The maximum absolute atomic E-state index is 5.56. The number of nitrogens with two attached hydrogens (primary N) is 1. The summed E-state index contributed by atoms with van der Waals surface area (Å²) >= 11 is 0. The molecular weight excluding hydrogens is 226 g/mol. The summed E-state index contributed by atoms with van der Waals surface area (Å²) in [6.07, 6.45) is 6.18. The predicted molar refractivity (Wildman–Crippen MR) is 73.1 cm³/mol. The fraction of sp³-hybridized carbons (Fsp3) is 0.308. The summed E-state index contributed by atoms with van der Waals surface area (Å²) < 4.78 is 0. The monoisotopic (exact) mass is 243 g/mol. The molecule has 2 rings (SSSR count). The average molecular weight is 243 g/mol. The van der Waals surface area contributed by atoms with Gasteiger partial charge in [0, 0.05) is 17.8 Å². The van der Waals surface area contributed by atoms with Gasteiger partial charge in [-0.2, -0.15) is 0 Å². The van der Waals surface area contributed by atoms with E-state index in [0.29, 0.717) is 11.9 Å². The van der Waals surface area contributed by atoms with Gasteiger partial charge in [0.15, 0.2) is 0 Å². The zero-order valence-corrected chi connectivity index (χ0v) is 10.6. The van der Waals surface area contributed by atoms with Crippen LogP contribution in [0.15, 0.2) is 30.7 Å². The Balaban J connectivity index is 2.24. The van der Waals surface area contributed by atoms with Crippen LogP contribution < -0.4 is 11.1 Å². The Kier molecular flexibility index (Phi) is 3.72. The van der Waals surface area contributed by atoms with Gasteiger partial charge in [0.1, 0.15) is 11.6 Å². The van der Waals surface area contributed by atoms with Crippen molar-refractivity contribution in [2.24, 2.45) is 0 Å². The van der Waals surface area contributed by atoms with Crippen molar-refractivity contribution in [1.29, 1.82) is 0 Å². The van der Waals surface area contributed by atoms with Crippen LogP contribution in [0.1, 0.15) is 20.3 Å². The zero-order chi connectivity index (χ0) is 13.0. The molecule has 0 saturated carbocycles. The van der Waals surface area contributed by atoms with E-state index in [-0.39, 0.29) is 0 Å². The molecule has 0 aliphatic rings. The summed E-state index contributed by atoms with van der Waals surface area (Å²) in [6.45, 7) is 4.23. The standard InChI is InChI=1S/C13H17N5/c1-3-9(2)17-13-8-15-7-11(18-13)10-4-5-12(14)16-6-10/h4-9H,3H2,1-2H3,(H2,14,16)(H,17,18). The Morgan fingerprint density at radius 1 is 1.28 bits per heavy atom. The van der Waals surface area contributed by atoms with Gasteiger partial charge in [-0.3, -0.25) is 4.98 Å². The Morgan fingerprint density at radius 2 is 2.11 bits per heavy atom. The lowest BCUT2D eigenvalue weighted by molar-refractivity contribution is 0.758. The van der Waals surface area contributed by atoms with Crippen LogP contribution in [0.3, 0.4) is 0 Å². The summed E-state index contributed by atoms with van der Waals surface area (Å²) in [6, 6.07) is 4.02. The molecule has 0 aliphatic heterocycles. The molecule has 5 nitrogen and oxygen atoms in total. The number of nitrogen functional groups attached to an aromatic ring is 1. The van der Waals surface area contributed by atoms with Gasteiger partial charge in [0.05, 0.1) is 18.1 Å². The molecule has 0 fully saturated rings. The van der Waals surface area contributed by atoms with Crippen molar-refractivity contribution in [3.8, 4) is 11.3 Å². The topological polar surface area (TPSA) is 76.7 Å². The third-order valence-electron chi connectivity index (χ3n) is 2.72. The van der Waals surface area contributed by atoms with Crippen LogP contribution in [-0.4, -0.2) is 21.0 Å². The van der Waals surface area contributed by atoms with Crippen LogP contribution in [-0.2, 0) is 0 Å². The van der Waals surface area contributed by atoms with Gasteiger partial charge < -0.3 is 11.1 Å². The van der Waals surface area contributed by atoms with Gasteiger partial charge in [-0.25, -0.2) is 9.97 Å². The second-order valence-electron chi connectivity index (χ2n) is 4.21. The summed E-state index contributed by atoms with van der Waals surface area (Å²) in [5.41, 5.74) is 7.25. The number of hydrogen-bond donors (Lipinski definition) is 2. The maximum Gasteiger partial charge on any atom is 0.145 e. The number of rotatable bonds is 4. The third kappa shape index (κ3) is 2.94. The molecule has 0 aliphatic carbocycles. The molecule has 2 aromatic rings. The van der Waals surface area contributed by atoms with Crippen molar-refractivity contribution in [2.75, 3.05) is 11.1 Å². The first-order chi connectivity index (χ1) is 8.69. The lowest BCUT2D eigenvalue weighted by Gasteiger charge is -2.12. The SMILES string of the molecule is CCC(C)Nc1cncc(-c2ccc(N)nc2)n1.